The molecule has 0 saturated carbocycles. The van der Waals surface area contributed by atoms with Crippen LogP contribution in [0.3, 0.4) is 0 Å². The first-order valence-corrected chi connectivity index (χ1v) is 17.6. The number of nitrogens with one attached hydrogen (secondary N) is 1. The molecule has 2 aromatic carbocycles. The number of nitrogens with zero attached hydrogens (tertiary/aromatic N) is 5. The normalized spacial score (nSPS) is 17.3. The van der Waals surface area contributed by atoms with Gasteiger partial charge in [-0.05, 0) is 53.8 Å². The van der Waals surface area contributed by atoms with E-state index in [9.17, 15) is 28.8 Å². The molecule has 1 atom stereocenters. The highest BCUT2D eigenvalue weighted by Crippen LogP contribution is 2.38. The van der Waals surface area contributed by atoms with Crippen LogP contribution >= 0.6 is 0 Å². The molecule has 2 aromatic heterocycles. The van der Waals surface area contributed by atoms with Crippen LogP contribution in [0.5, 0.6) is 11.5 Å². The molecule has 1 unspecified atom stereocenters. The summed E-state index contributed by atoms with van der Waals surface area (Å²) in [5, 5.41) is 3.50. The molecule has 276 valence electrons. The Bertz CT molecular complexity index is 2320. The predicted molar refractivity (Wildman–Crippen MR) is 197 cm³/mol. The lowest BCUT2D eigenvalue weighted by molar-refractivity contribution is -0.136. The molecule has 1 N–H and O–H groups in total. The lowest BCUT2D eigenvalue weighted by Gasteiger charge is -2.35. The van der Waals surface area contributed by atoms with E-state index in [0.29, 0.717) is 61.6 Å². The first-order chi connectivity index (χ1) is 26.1. The number of methoxy groups -OCH3 is 2. The Balaban J connectivity index is 0.950. The van der Waals surface area contributed by atoms with E-state index in [1.165, 1.54) is 12.1 Å². The fourth-order valence-electron chi connectivity index (χ4n) is 7.26. The van der Waals surface area contributed by atoms with Crippen LogP contribution in [0.4, 0.5) is 0 Å². The number of fused-ring (bicyclic) bond motifs is 2. The third-order valence-corrected chi connectivity index (χ3v) is 10.1. The maximum atomic E-state index is 13.1. The van der Waals surface area contributed by atoms with Crippen LogP contribution < -0.4 is 20.3 Å². The van der Waals surface area contributed by atoms with Crippen LogP contribution in [0.25, 0.3) is 21.9 Å². The topological polar surface area (TPSA) is 160 Å². The van der Waals surface area contributed by atoms with Gasteiger partial charge >= 0.3 is 0 Å². The van der Waals surface area contributed by atoms with Crippen molar-refractivity contribution >= 4 is 40.3 Å². The lowest BCUT2D eigenvalue weighted by Crippen LogP contribution is -2.54. The van der Waals surface area contributed by atoms with Crippen LogP contribution in [0, 0.1) is 11.8 Å². The molecule has 5 amide bonds. The second-order valence-electron chi connectivity index (χ2n) is 13.4. The second kappa shape index (κ2) is 15.0. The summed E-state index contributed by atoms with van der Waals surface area (Å²) in [6.07, 6.45) is 5.73. The van der Waals surface area contributed by atoms with Gasteiger partial charge in [0.1, 0.15) is 17.5 Å². The smallest absolute Gasteiger partial charge is 0.262 e. The number of hydrogen-bond donors (Lipinski definition) is 1. The molecule has 2 saturated heterocycles. The van der Waals surface area contributed by atoms with Crippen molar-refractivity contribution in [3.05, 3.63) is 87.6 Å². The molecular formula is C40H38N6O8. The molecule has 3 aliphatic heterocycles. The maximum Gasteiger partial charge on any atom is 0.262 e. The highest BCUT2D eigenvalue weighted by atomic mass is 16.5. The fraction of sp³-hybridized carbons (Fsp3) is 0.325. The van der Waals surface area contributed by atoms with E-state index in [-0.39, 0.29) is 41.9 Å². The van der Waals surface area contributed by atoms with Crippen molar-refractivity contribution in [1.29, 1.82) is 0 Å². The number of hydrogen-bond acceptors (Lipinski definition) is 10. The molecule has 4 aromatic rings. The minimum atomic E-state index is -1.03. The van der Waals surface area contributed by atoms with Crippen LogP contribution in [-0.2, 0) is 28.0 Å². The van der Waals surface area contributed by atoms with E-state index < -0.39 is 29.7 Å². The van der Waals surface area contributed by atoms with E-state index in [2.05, 4.69) is 27.0 Å². The average Bonchev–Trinajstić information content (AvgIpc) is 3.42. The van der Waals surface area contributed by atoms with Gasteiger partial charge in [0.25, 0.3) is 17.4 Å². The Morgan fingerprint density at radius 1 is 0.907 bits per heavy atom. The van der Waals surface area contributed by atoms with Gasteiger partial charge in [0.2, 0.25) is 17.7 Å². The van der Waals surface area contributed by atoms with E-state index in [4.69, 9.17) is 9.47 Å². The number of amides is 5. The van der Waals surface area contributed by atoms with Gasteiger partial charge in [0, 0.05) is 88.8 Å². The molecule has 54 heavy (non-hydrogen) atoms. The quantitative estimate of drug-likeness (QED) is 0.211. The number of aryl methyl sites for hydroxylation is 1. The zero-order chi connectivity index (χ0) is 38.1. The third kappa shape index (κ3) is 6.81. The third-order valence-electron chi connectivity index (χ3n) is 10.1. The van der Waals surface area contributed by atoms with Gasteiger partial charge < -0.3 is 18.9 Å². The summed E-state index contributed by atoms with van der Waals surface area (Å²) in [7, 11) is 4.95. The number of carbonyl (C=O) groups excluding carboxylic acids is 5. The highest BCUT2D eigenvalue weighted by Gasteiger charge is 2.44. The van der Waals surface area contributed by atoms with Crippen LogP contribution in [-0.4, -0.2) is 100 Å². The molecule has 0 spiro atoms. The van der Waals surface area contributed by atoms with Gasteiger partial charge in [-0.1, -0.05) is 11.8 Å². The van der Waals surface area contributed by atoms with Crippen molar-refractivity contribution in [3.8, 4) is 34.5 Å². The Hall–Kier alpha value is -6.33. The molecule has 2 fully saturated rings. The average molecular weight is 731 g/mol. The van der Waals surface area contributed by atoms with E-state index in [0.717, 1.165) is 27.0 Å². The Morgan fingerprint density at radius 2 is 1.63 bits per heavy atom. The Kier molecular flexibility index (Phi) is 9.98. The van der Waals surface area contributed by atoms with Gasteiger partial charge in [-0.2, -0.15) is 0 Å². The minimum Gasteiger partial charge on any atom is -0.496 e. The number of ether oxygens (including phenoxy) is 2. The SMILES string of the molecule is COc1cc(-c2cn(C)c(=O)c3cnccc23)cc(OC)c1CN1CCN(C(=O)CCC#Cc2ccc3c(c2)C(=O)N(C2CCC(=O)NC2=O)C3=O)CC1. The van der Waals surface area contributed by atoms with Crippen molar-refractivity contribution in [2.75, 3.05) is 40.4 Å². The summed E-state index contributed by atoms with van der Waals surface area (Å²) in [4.78, 5) is 84.9. The number of imide groups is 2. The molecule has 14 heteroatoms. The Morgan fingerprint density at radius 3 is 2.33 bits per heavy atom. The molecule has 0 bridgehead atoms. The number of piperidine rings is 1. The molecule has 14 nitrogen and oxygen atoms in total. The molecule has 0 aliphatic carbocycles. The summed E-state index contributed by atoms with van der Waals surface area (Å²) in [6, 6.07) is 9.38. The van der Waals surface area contributed by atoms with Crippen LogP contribution in [0.1, 0.15) is 57.5 Å². The first kappa shape index (κ1) is 36.0. The van der Waals surface area contributed by atoms with Crippen molar-refractivity contribution in [2.24, 2.45) is 7.05 Å². The fourth-order valence-corrected chi connectivity index (χ4v) is 7.26. The molecule has 3 aliphatic rings. The standard InChI is InChI=1S/C40H38N6O8/c1-43-22-30(26-12-13-41-21-29(26)38(43)50)25-19-33(53-2)31(34(20-25)54-3)23-44-14-16-45(17-15-44)36(48)7-5-4-6-24-8-9-27-28(18-24)40(52)46(39(27)51)32-10-11-35(47)42-37(32)49/h8-9,12-13,18-22,32H,5,7,10-11,14-17,23H2,1-3H3,(H,42,47,49). The number of piperazine rings is 1. The first-order valence-electron chi connectivity index (χ1n) is 17.6. The van der Waals surface area contributed by atoms with E-state index >= 15 is 0 Å². The zero-order valence-corrected chi connectivity index (χ0v) is 30.1. The van der Waals surface area contributed by atoms with Gasteiger partial charge in [-0.3, -0.25) is 48.9 Å². The zero-order valence-electron chi connectivity index (χ0n) is 30.1. The Labute approximate surface area is 310 Å². The summed E-state index contributed by atoms with van der Waals surface area (Å²) >= 11 is 0. The number of benzene rings is 2. The van der Waals surface area contributed by atoms with Crippen molar-refractivity contribution in [3.63, 3.8) is 0 Å². The van der Waals surface area contributed by atoms with Gasteiger partial charge in [0.15, 0.2) is 0 Å². The van der Waals surface area contributed by atoms with Crippen molar-refractivity contribution in [2.45, 2.75) is 38.3 Å². The second-order valence-corrected chi connectivity index (χ2v) is 13.4. The largest absolute Gasteiger partial charge is 0.496 e. The minimum absolute atomic E-state index is 0.00207. The van der Waals surface area contributed by atoms with Crippen LogP contribution in [0.15, 0.2) is 59.8 Å². The number of aromatic nitrogens is 2. The number of pyridine rings is 2. The van der Waals surface area contributed by atoms with Crippen molar-refractivity contribution in [1.82, 2.24) is 29.6 Å². The number of carbonyl (C=O) groups is 5. The monoisotopic (exact) mass is 730 g/mol. The van der Waals surface area contributed by atoms with Gasteiger partial charge in [-0.25, -0.2) is 0 Å². The summed E-state index contributed by atoms with van der Waals surface area (Å²) in [5.74, 6) is 5.04. The lowest BCUT2D eigenvalue weighted by atomic mass is 9.99. The summed E-state index contributed by atoms with van der Waals surface area (Å²) in [6.45, 7) is 2.97. The molecule has 5 heterocycles. The molecule has 7 rings (SSSR count). The summed E-state index contributed by atoms with van der Waals surface area (Å²) < 4.78 is 13.2. The predicted octanol–water partition coefficient (Wildman–Crippen LogP) is 2.50. The van der Waals surface area contributed by atoms with Gasteiger partial charge in [-0.15, -0.1) is 0 Å². The molecular weight excluding hydrogens is 692 g/mol. The highest BCUT2D eigenvalue weighted by molar-refractivity contribution is 6.23. The van der Waals surface area contributed by atoms with Crippen molar-refractivity contribution < 1.29 is 33.4 Å². The van der Waals surface area contributed by atoms with Gasteiger partial charge in [0.05, 0.1) is 36.3 Å². The maximum absolute atomic E-state index is 13.1. The molecule has 0 radical (unpaired) electrons. The summed E-state index contributed by atoms with van der Waals surface area (Å²) in [5.41, 5.74) is 3.31. The van der Waals surface area contributed by atoms with E-state index in [1.807, 2.05) is 23.1 Å². The number of rotatable bonds is 8. The van der Waals surface area contributed by atoms with E-state index in [1.54, 1.807) is 50.5 Å². The van der Waals surface area contributed by atoms with Crippen LogP contribution in [0.2, 0.25) is 0 Å².